The standard InChI is InChI=1S/C11H10ClN3O2/c1-17-10-3-2-8(4-9(10)12)15-11(16)7-5-13-14-6-7/h2-6H,1H3,(H,13,14)(H,15,16). The minimum absolute atomic E-state index is 0.250. The second-order valence-electron chi connectivity index (χ2n) is 3.29. The van der Waals surface area contributed by atoms with E-state index in [1.165, 1.54) is 19.5 Å². The van der Waals surface area contributed by atoms with Crippen molar-refractivity contribution in [1.29, 1.82) is 0 Å². The highest BCUT2D eigenvalue weighted by Gasteiger charge is 2.08. The molecule has 0 aliphatic heterocycles. The first-order valence-electron chi connectivity index (χ1n) is 4.84. The number of rotatable bonds is 3. The number of ether oxygens (including phenoxy) is 1. The zero-order valence-corrected chi connectivity index (χ0v) is 9.78. The van der Waals surface area contributed by atoms with Gasteiger partial charge in [-0.15, -0.1) is 0 Å². The smallest absolute Gasteiger partial charge is 0.258 e. The Balaban J connectivity index is 2.14. The Kier molecular flexibility index (Phi) is 3.30. The molecular formula is C11H10ClN3O2. The SMILES string of the molecule is COc1ccc(NC(=O)c2cn[nH]c2)cc1Cl. The van der Waals surface area contributed by atoms with Crippen molar-refractivity contribution in [2.45, 2.75) is 0 Å². The van der Waals surface area contributed by atoms with Crippen molar-refractivity contribution in [2.75, 3.05) is 12.4 Å². The molecule has 0 aliphatic rings. The molecule has 88 valence electrons. The van der Waals surface area contributed by atoms with Gasteiger partial charge in [0.25, 0.3) is 5.91 Å². The molecular weight excluding hydrogens is 242 g/mol. The van der Waals surface area contributed by atoms with Crippen molar-refractivity contribution < 1.29 is 9.53 Å². The first-order valence-corrected chi connectivity index (χ1v) is 5.22. The Morgan fingerprint density at radius 2 is 2.35 bits per heavy atom. The van der Waals surface area contributed by atoms with E-state index in [4.69, 9.17) is 16.3 Å². The Morgan fingerprint density at radius 1 is 1.53 bits per heavy atom. The number of nitrogens with zero attached hydrogens (tertiary/aromatic N) is 1. The van der Waals surface area contributed by atoms with E-state index in [1.807, 2.05) is 0 Å². The molecule has 5 nitrogen and oxygen atoms in total. The molecule has 0 saturated carbocycles. The highest BCUT2D eigenvalue weighted by molar-refractivity contribution is 6.32. The Labute approximate surface area is 103 Å². The lowest BCUT2D eigenvalue weighted by Crippen LogP contribution is -2.10. The summed E-state index contributed by atoms with van der Waals surface area (Å²) in [5.74, 6) is 0.313. The summed E-state index contributed by atoms with van der Waals surface area (Å²) in [7, 11) is 1.53. The molecule has 1 amide bonds. The molecule has 0 radical (unpaired) electrons. The molecule has 2 aromatic rings. The minimum atomic E-state index is -0.250. The second kappa shape index (κ2) is 4.88. The van der Waals surface area contributed by atoms with Crippen LogP contribution in [0.1, 0.15) is 10.4 Å². The van der Waals surface area contributed by atoms with Crippen LogP contribution < -0.4 is 10.1 Å². The summed E-state index contributed by atoms with van der Waals surface area (Å²) in [6.07, 6.45) is 2.96. The molecule has 1 aromatic carbocycles. The number of amides is 1. The number of carbonyl (C=O) groups is 1. The van der Waals surface area contributed by atoms with Gasteiger partial charge >= 0.3 is 0 Å². The van der Waals surface area contributed by atoms with Crippen LogP contribution in [0.5, 0.6) is 5.75 Å². The molecule has 1 heterocycles. The predicted octanol–water partition coefficient (Wildman–Crippen LogP) is 2.32. The highest BCUT2D eigenvalue weighted by atomic mass is 35.5. The van der Waals surface area contributed by atoms with Gasteiger partial charge in [-0.3, -0.25) is 9.89 Å². The van der Waals surface area contributed by atoms with E-state index >= 15 is 0 Å². The number of benzene rings is 1. The maximum absolute atomic E-state index is 11.7. The van der Waals surface area contributed by atoms with E-state index in [0.29, 0.717) is 22.0 Å². The van der Waals surface area contributed by atoms with Crippen LogP contribution >= 0.6 is 11.6 Å². The van der Waals surface area contributed by atoms with Crippen LogP contribution in [-0.2, 0) is 0 Å². The third-order valence-corrected chi connectivity index (χ3v) is 2.47. The number of H-pyrrole nitrogens is 1. The highest BCUT2D eigenvalue weighted by Crippen LogP contribution is 2.27. The summed E-state index contributed by atoms with van der Waals surface area (Å²) in [5, 5.41) is 9.41. The van der Waals surface area contributed by atoms with E-state index in [0.717, 1.165) is 0 Å². The van der Waals surface area contributed by atoms with Gasteiger partial charge in [0.1, 0.15) is 5.75 Å². The molecule has 0 bridgehead atoms. The molecule has 2 N–H and O–H groups in total. The minimum Gasteiger partial charge on any atom is -0.495 e. The zero-order chi connectivity index (χ0) is 12.3. The number of hydrogen-bond acceptors (Lipinski definition) is 3. The van der Waals surface area contributed by atoms with Crippen LogP contribution in [0.15, 0.2) is 30.6 Å². The van der Waals surface area contributed by atoms with Gasteiger partial charge in [0, 0.05) is 11.9 Å². The van der Waals surface area contributed by atoms with Crippen molar-refractivity contribution in [2.24, 2.45) is 0 Å². The maximum atomic E-state index is 11.7. The summed E-state index contributed by atoms with van der Waals surface area (Å²) in [6.45, 7) is 0. The lowest BCUT2D eigenvalue weighted by molar-refractivity contribution is 0.102. The van der Waals surface area contributed by atoms with Crippen molar-refractivity contribution in [1.82, 2.24) is 10.2 Å². The van der Waals surface area contributed by atoms with Crippen molar-refractivity contribution in [3.8, 4) is 5.75 Å². The van der Waals surface area contributed by atoms with Gasteiger partial charge in [0.05, 0.1) is 23.9 Å². The van der Waals surface area contributed by atoms with E-state index < -0.39 is 0 Å². The number of methoxy groups -OCH3 is 1. The molecule has 2 rings (SSSR count). The van der Waals surface area contributed by atoms with Gasteiger partial charge in [0.15, 0.2) is 0 Å². The number of anilines is 1. The van der Waals surface area contributed by atoms with E-state index in [9.17, 15) is 4.79 Å². The van der Waals surface area contributed by atoms with E-state index in [-0.39, 0.29) is 5.91 Å². The topological polar surface area (TPSA) is 67.0 Å². The first-order chi connectivity index (χ1) is 8.20. The molecule has 0 spiro atoms. The van der Waals surface area contributed by atoms with E-state index in [1.54, 1.807) is 18.2 Å². The number of nitrogens with one attached hydrogen (secondary N) is 2. The third kappa shape index (κ3) is 2.57. The summed E-state index contributed by atoms with van der Waals surface area (Å²) in [5.41, 5.74) is 1.05. The van der Waals surface area contributed by atoms with Gasteiger partial charge in [-0.2, -0.15) is 5.10 Å². The number of hydrogen-bond donors (Lipinski definition) is 2. The number of aromatic amines is 1. The van der Waals surface area contributed by atoms with Crippen LogP contribution in [0.4, 0.5) is 5.69 Å². The predicted molar refractivity (Wildman–Crippen MR) is 64.5 cm³/mol. The second-order valence-corrected chi connectivity index (χ2v) is 3.70. The fourth-order valence-corrected chi connectivity index (χ4v) is 1.58. The third-order valence-electron chi connectivity index (χ3n) is 2.17. The monoisotopic (exact) mass is 251 g/mol. The number of carbonyl (C=O) groups excluding carboxylic acids is 1. The van der Waals surface area contributed by atoms with Crippen LogP contribution in [-0.4, -0.2) is 23.2 Å². The van der Waals surface area contributed by atoms with Crippen LogP contribution in [0, 0.1) is 0 Å². The summed E-state index contributed by atoms with van der Waals surface area (Å²) >= 11 is 5.94. The van der Waals surface area contributed by atoms with Crippen LogP contribution in [0.3, 0.4) is 0 Å². The molecule has 0 aliphatic carbocycles. The summed E-state index contributed by atoms with van der Waals surface area (Å²) in [4.78, 5) is 11.7. The molecule has 0 saturated heterocycles. The molecule has 0 atom stereocenters. The van der Waals surface area contributed by atoms with Crippen molar-refractivity contribution >= 4 is 23.2 Å². The summed E-state index contributed by atoms with van der Waals surface area (Å²) in [6, 6.07) is 5.02. The Morgan fingerprint density at radius 3 is 2.94 bits per heavy atom. The molecule has 6 heteroatoms. The normalized spacial score (nSPS) is 10.0. The Bertz CT molecular complexity index is 526. The van der Waals surface area contributed by atoms with Gasteiger partial charge in [-0.05, 0) is 18.2 Å². The summed E-state index contributed by atoms with van der Waals surface area (Å²) < 4.78 is 5.02. The average molecular weight is 252 g/mol. The number of aromatic nitrogens is 2. The molecule has 17 heavy (non-hydrogen) atoms. The fourth-order valence-electron chi connectivity index (χ4n) is 1.32. The average Bonchev–Trinajstić information content (AvgIpc) is 2.82. The quantitative estimate of drug-likeness (QED) is 0.880. The lowest BCUT2D eigenvalue weighted by Gasteiger charge is -2.06. The largest absolute Gasteiger partial charge is 0.495 e. The van der Waals surface area contributed by atoms with Gasteiger partial charge in [-0.1, -0.05) is 11.6 Å². The zero-order valence-electron chi connectivity index (χ0n) is 9.03. The van der Waals surface area contributed by atoms with Crippen LogP contribution in [0.2, 0.25) is 5.02 Å². The van der Waals surface area contributed by atoms with Crippen molar-refractivity contribution in [3.63, 3.8) is 0 Å². The first kappa shape index (κ1) is 11.5. The molecule has 1 aromatic heterocycles. The van der Waals surface area contributed by atoms with E-state index in [2.05, 4.69) is 15.5 Å². The molecule has 0 unspecified atom stereocenters. The van der Waals surface area contributed by atoms with Gasteiger partial charge in [-0.25, -0.2) is 0 Å². The van der Waals surface area contributed by atoms with Crippen LogP contribution in [0.25, 0.3) is 0 Å². The van der Waals surface area contributed by atoms with Gasteiger partial charge < -0.3 is 10.1 Å². The van der Waals surface area contributed by atoms with Gasteiger partial charge in [0.2, 0.25) is 0 Å². The number of halogens is 1. The van der Waals surface area contributed by atoms with Crippen molar-refractivity contribution in [3.05, 3.63) is 41.2 Å². The maximum Gasteiger partial charge on any atom is 0.258 e. The lowest BCUT2D eigenvalue weighted by atomic mass is 10.2. The Hall–Kier alpha value is -2.01. The molecule has 0 fully saturated rings. The fraction of sp³-hybridized carbons (Fsp3) is 0.0909.